The van der Waals surface area contributed by atoms with Crippen LogP contribution in [-0.2, 0) is 0 Å². The highest BCUT2D eigenvalue weighted by atomic mass is 19.1. The van der Waals surface area contributed by atoms with Crippen LogP contribution in [0.4, 0.5) is 4.39 Å². The van der Waals surface area contributed by atoms with Crippen molar-refractivity contribution in [2.45, 2.75) is 13.8 Å². The molecule has 0 fully saturated rings. The number of hydrogen-bond donors (Lipinski definition) is 0. The zero-order chi connectivity index (χ0) is 18.5. The number of para-hydroxylation sites is 1. The molecule has 0 spiro atoms. The van der Waals surface area contributed by atoms with Crippen LogP contribution in [0.1, 0.15) is 11.4 Å². The topological polar surface area (TPSA) is 22.8 Å². The summed E-state index contributed by atoms with van der Waals surface area (Å²) in [5.74, 6) is -0.219. The van der Waals surface area contributed by atoms with Gasteiger partial charge < -0.3 is 9.13 Å². The Kier molecular flexibility index (Phi) is 3.41. The number of hydrogen-bond acceptors (Lipinski definition) is 1. The van der Waals surface area contributed by atoms with Crippen LogP contribution in [0.25, 0.3) is 33.2 Å². The molecule has 0 unspecified atom stereocenters. The lowest BCUT2D eigenvalue weighted by atomic mass is 10.1. The van der Waals surface area contributed by atoms with E-state index >= 15 is 0 Å². The maximum Gasteiger partial charge on any atom is 0.123 e. The van der Waals surface area contributed by atoms with E-state index in [-0.39, 0.29) is 5.82 Å². The average molecular weight is 355 g/mol. The third-order valence-electron chi connectivity index (χ3n) is 5.25. The smallest absolute Gasteiger partial charge is 0.123 e. The van der Waals surface area contributed by atoms with Crippen molar-refractivity contribution in [3.8, 4) is 11.4 Å². The number of fused-ring (bicyclic) bond motifs is 3. The Morgan fingerprint density at radius 2 is 1.56 bits per heavy atom. The fraction of sp³-hybridized carbons (Fsp3) is 0.0870. The van der Waals surface area contributed by atoms with E-state index in [4.69, 9.17) is 0 Å². The third-order valence-corrected chi connectivity index (χ3v) is 5.25. The van der Waals surface area contributed by atoms with Crippen molar-refractivity contribution < 1.29 is 4.39 Å². The SMILES string of the molecule is Cc1ncn(-c2cccc(-n3c4ccccc4c4cc(F)ccc43)c2)c1C. The lowest BCUT2D eigenvalue weighted by Crippen LogP contribution is -1.99. The predicted octanol–water partition coefficient (Wildman–Crippen LogP) is 5.73. The third kappa shape index (κ3) is 2.37. The Hall–Kier alpha value is -3.40. The second-order valence-corrected chi connectivity index (χ2v) is 6.82. The zero-order valence-electron chi connectivity index (χ0n) is 15.1. The van der Waals surface area contributed by atoms with E-state index in [1.165, 1.54) is 6.07 Å². The highest BCUT2D eigenvalue weighted by molar-refractivity contribution is 6.09. The predicted molar refractivity (Wildman–Crippen MR) is 107 cm³/mol. The van der Waals surface area contributed by atoms with Crippen molar-refractivity contribution in [3.63, 3.8) is 0 Å². The maximum atomic E-state index is 13.9. The molecule has 0 saturated carbocycles. The quantitative estimate of drug-likeness (QED) is 0.397. The molecule has 5 aromatic rings. The van der Waals surface area contributed by atoms with Crippen molar-refractivity contribution in [3.05, 3.63) is 90.3 Å². The van der Waals surface area contributed by atoms with Crippen molar-refractivity contribution in [2.24, 2.45) is 0 Å². The number of rotatable bonds is 2. The summed E-state index contributed by atoms with van der Waals surface area (Å²) in [4.78, 5) is 4.41. The number of aryl methyl sites for hydroxylation is 1. The van der Waals surface area contributed by atoms with E-state index in [1.807, 2.05) is 43.6 Å². The molecule has 2 heterocycles. The van der Waals surface area contributed by atoms with Crippen LogP contribution in [0.2, 0.25) is 0 Å². The number of benzene rings is 3. The van der Waals surface area contributed by atoms with Crippen LogP contribution >= 0.6 is 0 Å². The van der Waals surface area contributed by atoms with Gasteiger partial charge in [-0.05, 0) is 56.3 Å². The number of halogens is 1. The van der Waals surface area contributed by atoms with Crippen LogP contribution < -0.4 is 0 Å². The van der Waals surface area contributed by atoms with Gasteiger partial charge in [-0.2, -0.15) is 0 Å². The van der Waals surface area contributed by atoms with Crippen LogP contribution in [0, 0.1) is 19.7 Å². The molecule has 3 aromatic carbocycles. The van der Waals surface area contributed by atoms with E-state index in [2.05, 4.69) is 45.3 Å². The molecule has 0 amide bonds. The van der Waals surface area contributed by atoms with Crippen LogP contribution in [0.15, 0.2) is 73.1 Å². The summed E-state index contributed by atoms with van der Waals surface area (Å²) < 4.78 is 18.2. The molecule has 0 N–H and O–H groups in total. The number of aromatic nitrogens is 3. The molecule has 5 rings (SSSR count). The minimum Gasteiger partial charge on any atom is -0.309 e. The van der Waals surface area contributed by atoms with E-state index in [0.717, 1.165) is 44.6 Å². The van der Waals surface area contributed by atoms with E-state index in [9.17, 15) is 4.39 Å². The highest BCUT2D eigenvalue weighted by Gasteiger charge is 2.13. The Bertz CT molecular complexity index is 1310. The molecule has 132 valence electrons. The van der Waals surface area contributed by atoms with E-state index < -0.39 is 0 Å². The first-order valence-corrected chi connectivity index (χ1v) is 8.93. The Morgan fingerprint density at radius 3 is 2.37 bits per heavy atom. The summed E-state index contributed by atoms with van der Waals surface area (Å²) in [5, 5.41) is 1.97. The molecule has 0 aliphatic rings. The van der Waals surface area contributed by atoms with Gasteiger partial charge in [-0.1, -0.05) is 24.3 Å². The molecule has 0 bridgehead atoms. The zero-order valence-corrected chi connectivity index (χ0v) is 15.1. The highest BCUT2D eigenvalue weighted by Crippen LogP contribution is 2.32. The molecule has 27 heavy (non-hydrogen) atoms. The fourth-order valence-corrected chi connectivity index (χ4v) is 3.76. The standard InChI is InChI=1S/C23H18FN3/c1-15-16(2)26(14-25-15)18-6-5-7-19(13-18)27-22-9-4-3-8-20(22)21-12-17(24)10-11-23(21)27/h3-14H,1-2H3. The molecular weight excluding hydrogens is 337 g/mol. The first-order chi connectivity index (χ1) is 13.1. The number of imidazole rings is 1. The van der Waals surface area contributed by atoms with Gasteiger partial charge in [-0.3, -0.25) is 0 Å². The number of nitrogens with zero attached hydrogens (tertiary/aromatic N) is 3. The van der Waals surface area contributed by atoms with Gasteiger partial charge in [-0.15, -0.1) is 0 Å². The average Bonchev–Trinajstić information content (AvgIpc) is 3.19. The minimum absolute atomic E-state index is 0.219. The molecule has 3 nitrogen and oxygen atoms in total. The van der Waals surface area contributed by atoms with Crippen molar-refractivity contribution >= 4 is 21.8 Å². The molecular formula is C23H18FN3. The van der Waals surface area contributed by atoms with Gasteiger partial charge >= 0.3 is 0 Å². The van der Waals surface area contributed by atoms with Gasteiger partial charge in [0.1, 0.15) is 5.82 Å². The molecule has 0 atom stereocenters. The van der Waals surface area contributed by atoms with Crippen molar-refractivity contribution in [1.29, 1.82) is 0 Å². The monoisotopic (exact) mass is 355 g/mol. The lowest BCUT2D eigenvalue weighted by Gasteiger charge is -2.11. The summed E-state index contributed by atoms with van der Waals surface area (Å²) in [6.45, 7) is 4.08. The largest absolute Gasteiger partial charge is 0.309 e. The summed E-state index contributed by atoms with van der Waals surface area (Å²) in [6.07, 6.45) is 1.85. The Labute approximate surface area is 156 Å². The van der Waals surface area contributed by atoms with Gasteiger partial charge in [0.2, 0.25) is 0 Å². The Morgan fingerprint density at radius 1 is 0.778 bits per heavy atom. The molecule has 0 aliphatic heterocycles. The first kappa shape index (κ1) is 15.8. The van der Waals surface area contributed by atoms with Gasteiger partial charge in [0.25, 0.3) is 0 Å². The Balaban J connectivity index is 1.81. The lowest BCUT2D eigenvalue weighted by molar-refractivity contribution is 0.629. The van der Waals surface area contributed by atoms with E-state index in [1.54, 1.807) is 6.07 Å². The van der Waals surface area contributed by atoms with Gasteiger partial charge in [0.05, 0.1) is 23.1 Å². The minimum atomic E-state index is -0.219. The molecule has 4 heteroatoms. The summed E-state index contributed by atoms with van der Waals surface area (Å²) >= 11 is 0. The van der Waals surface area contributed by atoms with Gasteiger partial charge in [-0.25, -0.2) is 9.37 Å². The van der Waals surface area contributed by atoms with Gasteiger partial charge in [0, 0.05) is 27.8 Å². The second-order valence-electron chi connectivity index (χ2n) is 6.82. The van der Waals surface area contributed by atoms with Crippen LogP contribution in [-0.4, -0.2) is 14.1 Å². The van der Waals surface area contributed by atoms with Crippen LogP contribution in [0.3, 0.4) is 0 Å². The summed E-state index contributed by atoms with van der Waals surface area (Å²) in [7, 11) is 0. The van der Waals surface area contributed by atoms with Crippen molar-refractivity contribution in [1.82, 2.24) is 14.1 Å². The molecule has 0 saturated heterocycles. The van der Waals surface area contributed by atoms with Gasteiger partial charge in [0.15, 0.2) is 0 Å². The van der Waals surface area contributed by atoms with E-state index in [0.29, 0.717) is 0 Å². The second kappa shape index (κ2) is 5.81. The van der Waals surface area contributed by atoms with Crippen LogP contribution in [0.5, 0.6) is 0 Å². The first-order valence-electron chi connectivity index (χ1n) is 8.93. The fourth-order valence-electron chi connectivity index (χ4n) is 3.76. The summed E-state index contributed by atoms with van der Waals surface area (Å²) in [5.41, 5.74) is 6.29. The molecule has 0 radical (unpaired) electrons. The molecule has 0 aliphatic carbocycles. The normalized spacial score (nSPS) is 11.5. The van der Waals surface area contributed by atoms with Crippen molar-refractivity contribution in [2.75, 3.05) is 0 Å². The molecule has 2 aromatic heterocycles. The maximum absolute atomic E-state index is 13.9. The summed E-state index contributed by atoms with van der Waals surface area (Å²) in [6, 6.07) is 21.5.